The van der Waals surface area contributed by atoms with Gasteiger partial charge in [0.1, 0.15) is 5.82 Å². The Morgan fingerprint density at radius 3 is 2.85 bits per heavy atom. The van der Waals surface area contributed by atoms with Crippen LogP contribution in [0.1, 0.15) is 49.3 Å². The molecule has 0 spiro atoms. The van der Waals surface area contributed by atoms with Crippen LogP contribution < -0.4 is 5.56 Å². The minimum Gasteiger partial charge on any atom is -0.334 e. The molecule has 0 saturated carbocycles. The number of nitrogens with one attached hydrogen (secondary N) is 1. The van der Waals surface area contributed by atoms with E-state index >= 15 is 0 Å². The molecule has 7 heteroatoms. The van der Waals surface area contributed by atoms with E-state index in [9.17, 15) is 4.79 Å². The Hall–Kier alpha value is -2.41. The van der Waals surface area contributed by atoms with Gasteiger partial charge in [-0.25, -0.2) is 14.5 Å². The Kier molecular flexibility index (Phi) is 4.63. The zero-order chi connectivity index (χ0) is 18.1. The van der Waals surface area contributed by atoms with Crippen LogP contribution >= 0.6 is 0 Å². The summed E-state index contributed by atoms with van der Waals surface area (Å²) in [4.78, 5) is 24.0. The molecule has 1 fully saturated rings. The molecule has 4 rings (SSSR count). The maximum Gasteiger partial charge on any atom is 0.272 e. The lowest BCUT2D eigenvalue weighted by molar-refractivity contribution is 0.196. The van der Waals surface area contributed by atoms with Crippen molar-refractivity contribution in [2.45, 2.75) is 52.1 Å². The predicted molar refractivity (Wildman–Crippen MR) is 100 cm³/mol. The molecule has 26 heavy (non-hydrogen) atoms. The molecule has 7 nitrogen and oxygen atoms in total. The quantitative estimate of drug-likeness (QED) is 0.763. The molecule has 0 unspecified atom stereocenters. The van der Waals surface area contributed by atoms with Gasteiger partial charge in [-0.3, -0.25) is 14.8 Å². The first-order chi connectivity index (χ1) is 12.6. The lowest BCUT2D eigenvalue weighted by Crippen LogP contribution is -2.34. The zero-order valence-electron chi connectivity index (χ0n) is 15.5. The highest BCUT2D eigenvalue weighted by molar-refractivity contribution is 5.39. The highest BCUT2D eigenvalue weighted by Crippen LogP contribution is 2.27. The molecule has 1 aliphatic rings. The van der Waals surface area contributed by atoms with E-state index in [4.69, 9.17) is 4.98 Å². The highest BCUT2D eigenvalue weighted by atomic mass is 16.1. The molecule has 138 valence electrons. The number of aromatic amines is 1. The Labute approximate surface area is 152 Å². The molecule has 0 atom stereocenters. The number of H-pyrrole nitrogens is 1. The van der Waals surface area contributed by atoms with Gasteiger partial charge in [0.2, 0.25) is 0 Å². The third kappa shape index (κ3) is 3.31. The van der Waals surface area contributed by atoms with Crippen molar-refractivity contribution < 1.29 is 0 Å². The van der Waals surface area contributed by atoms with Crippen molar-refractivity contribution in [1.82, 2.24) is 29.0 Å². The number of fused-ring (bicyclic) bond motifs is 1. The molecule has 0 aliphatic carbocycles. The summed E-state index contributed by atoms with van der Waals surface area (Å²) in [5.74, 6) is 1.50. The average molecular weight is 354 g/mol. The zero-order valence-corrected chi connectivity index (χ0v) is 15.5. The third-order valence-electron chi connectivity index (χ3n) is 5.24. The van der Waals surface area contributed by atoms with E-state index in [-0.39, 0.29) is 5.56 Å². The maximum absolute atomic E-state index is 12.3. The summed E-state index contributed by atoms with van der Waals surface area (Å²) in [5, 5.41) is 3.03. The lowest BCUT2D eigenvalue weighted by Gasteiger charge is -2.31. The van der Waals surface area contributed by atoms with Crippen LogP contribution in [0, 0.1) is 6.92 Å². The molecule has 1 aliphatic heterocycles. The number of aryl methyl sites for hydroxylation is 2. The van der Waals surface area contributed by atoms with Gasteiger partial charge < -0.3 is 4.57 Å². The molecule has 0 aromatic carbocycles. The van der Waals surface area contributed by atoms with Crippen LogP contribution in [-0.4, -0.2) is 42.1 Å². The molecule has 3 aromatic rings. The predicted octanol–water partition coefficient (Wildman–Crippen LogP) is 2.32. The second kappa shape index (κ2) is 7.07. The summed E-state index contributed by atoms with van der Waals surface area (Å²) < 4.78 is 3.76. The number of piperidine rings is 1. The van der Waals surface area contributed by atoms with E-state index in [1.165, 1.54) is 4.52 Å². The van der Waals surface area contributed by atoms with Crippen LogP contribution in [0.15, 0.2) is 29.3 Å². The Morgan fingerprint density at radius 2 is 2.08 bits per heavy atom. The van der Waals surface area contributed by atoms with Crippen LogP contribution in [0.25, 0.3) is 5.65 Å². The summed E-state index contributed by atoms with van der Waals surface area (Å²) in [6.07, 6.45) is 7.13. The largest absolute Gasteiger partial charge is 0.334 e. The van der Waals surface area contributed by atoms with Gasteiger partial charge in [0.15, 0.2) is 5.65 Å². The van der Waals surface area contributed by atoms with Crippen LogP contribution in [0.2, 0.25) is 0 Å². The van der Waals surface area contributed by atoms with Crippen molar-refractivity contribution in [3.63, 3.8) is 0 Å². The first-order valence-electron chi connectivity index (χ1n) is 9.45. The summed E-state index contributed by atoms with van der Waals surface area (Å²) in [6, 6.07) is 3.62. The van der Waals surface area contributed by atoms with Crippen LogP contribution in [0.4, 0.5) is 0 Å². The van der Waals surface area contributed by atoms with Gasteiger partial charge in [0.25, 0.3) is 5.56 Å². The summed E-state index contributed by atoms with van der Waals surface area (Å²) >= 11 is 0. The number of aromatic nitrogens is 5. The van der Waals surface area contributed by atoms with E-state index in [1.807, 2.05) is 19.2 Å². The molecular formula is C19H26N6O. The number of imidazole rings is 1. The van der Waals surface area contributed by atoms with Crippen LogP contribution in [0.5, 0.6) is 0 Å². The first-order valence-corrected chi connectivity index (χ1v) is 9.45. The van der Waals surface area contributed by atoms with E-state index < -0.39 is 0 Å². The van der Waals surface area contributed by atoms with E-state index in [0.717, 1.165) is 62.7 Å². The van der Waals surface area contributed by atoms with Crippen molar-refractivity contribution in [2.75, 3.05) is 13.1 Å². The molecule has 1 saturated heterocycles. The van der Waals surface area contributed by atoms with E-state index in [0.29, 0.717) is 11.6 Å². The normalized spacial score (nSPS) is 16.5. The lowest BCUT2D eigenvalue weighted by atomic mass is 9.93. The number of likely N-dealkylation sites (tertiary alicyclic amines) is 1. The molecule has 1 N–H and O–H groups in total. The second-order valence-electron chi connectivity index (χ2n) is 7.24. The third-order valence-corrected chi connectivity index (χ3v) is 5.24. The van der Waals surface area contributed by atoms with Gasteiger partial charge in [-0.05, 0) is 39.3 Å². The van der Waals surface area contributed by atoms with E-state index in [1.54, 1.807) is 6.07 Å². The highest BCUT2D eigenvalue weighted by Gasteiger charge is 2.23. The van der Waals surface area contributed by atoms with Crippen molar-refractivity contribution >= 4 is 5.65 Å². The van der Waals surface area contributed by atoms with Gasteiger partial charge in [0, 0.05) is 42.7 Å². The number of hydrogen-bond acceptors (Lipinski definition) is 4. The summed E-state index contributed by atoms with van der Waals surface area (Å²) in [7, 11) is 0. The van der Waals surface area contributed by atoms with Crippen molar-refractivity contribution in [3.05, 3.63) is 52.1 Å². The molecule has 3 aromatic heterocycles. The smallest absolute Gasteiger partial charge is 0.272 e. The molecule has 4 heterocycles. The number of hydrogen-bond donors (Lipinski definition) is 1. The minimum atomic E-state index is -0.0258. The van der Waals surface area contributed by atoms with Crippen molar-refractivity contribution in [3.8, 4) is 0 Å². The topological polar surface area (TPSA) is 71.2 Å². The number of nitrogens with zero attached hydrogens (tertiary/aromatic N) is 5. The fourth-order valence-corrected chi connectivity index (χ4v) is 3.86. The summed E-state index contributed by atoms with van der Waals surface area (Å²) in [5.41, 5.74) is 2.57. The first kappa shape index (κ1) is 17.0. The minimum absolute atomic E-state index is 0.0258. The second-order valence-corrected chi connectivity index (χ2v) is 7.24. The molecule has 0 amide bonds. The Morgan fingerprint density at radius 1 is 1.27 bits per heavy atom. The van der Waals surface area contributed by atoms with Gasteiger partial charge in [0.05, 0.1) is 12.2 Å². The number of rotatable bonds is 5. The Bertz CT molecular complexity index is 944. The summed E-state index contributed by atoms with van der Waals surface area (Å²) in [6.45, 7) is 8.07. The van der Waals surface area contributed by atoms with Crippen LogP contribution in [-0.2, 0) is 13.1 Å². The fraction of sp³-hybridized carbons (Fsp3) is 0.526. The maximum atomic E-state index is 12.3. The molecule has 0 bridgehead atoms. The standard InChI is InChI=1S/C19H26N6O/c1-3-7-24-10-6-20-18(24)13-23-8-4-15(5-9-23)16-12-19(26)25-17(21-16)11-14(2)22-25/h6,10-12,15,22H,3-5,7-9,13H2,1-2H3. The Balaban J connectivity index is 1.43. The van der Waals surface area contributed by atoms with Gasteiger partial charge in [-0.2, -0.15) is 0 Å². The van der Waals surface area contributed by atoms with Gasteiger partial charge >= 0.3 is 0 Å². The van der Waals surface area contributed by atoms with Gasteiger partial charge in [-0.1, -0.05) is 6.92 Å². The molecule has 0 radical (unpaired) electrons. The van der Waals surface area contributed by atoms with Crippen molar-refractivity contribution in [1.29, 1.82) is 0 Å². The van der Waals surface area contributed by atoms with E-state index in [2.05, 4.69) is 32.7 Å². The van der Waals surface area contributed by atoms with Crippen molar-refractivity contribution in [2.24, 2.45) is 0 Å². The monoisotopic (exact) mass is 354 g/mol. The molecular weight excluding hydrogens is 328 g/mol. The fourth-order valence-electron chi connectivity index (χ4n) is 3.86. The SMILES string of the molecule is CCCn1ccnc1CN1CCC(c2cc(=O)n3[nH]c(C)cc3n2)CC1. The van der Waals surface area contributed by atoms with Crippen LogP contribution in [0.3, 0.4) is 0 Å². The average Bonchev–Trinajstić information content (AvgIpc) is 3.22. The van der Waals surface area contributed by atoms with Gasteiger partial charge in [-0.15, -0.1) is 0 Å².